The van der Waals surface area contributed by atoms with Crippen molar-refractivity contribution in [2.24, 2.45) is 0 Å². The maximum Gasteiger partial charge on any atom is 0.0246 e. The third-order valence-corrected chi connectivity index (χ3v) is 2.55. The number of hydrogen-bond acceptors (Lipinski definition) is 0. The topological polar surface area (TPSA) is 0 Å². The Kier molecular flexibility index (Phi) is 2.04. The van der Waals surface area contributed by atoms with Crippen LogP contribution in [0, 0.1) is 0 Å². The van der Waals surface area contributed by atoms with Gasteiger partial charge in [-0.1, -0.05) is 34.1 Å². The van der Waals surface area contributed by atoms with Crippen LogP contribution in [0.3, 0.4) is 0 Å². The minimum absolute atomic E-state index is 1.14. The predicted octanol–water partition coefficient (Wildman–Crippen LogP) is 1.95. The molecule has 8 heavy (non-hydrogen) atoms. The summed E-state index contributed by atoms with van der Waals surface area (Å²) in [6.45, 7) is 0. The molecule has 0 fully saturated rings. The van der Waals surface area contributed by atoms with Gasteiger partial charge < -0.3 is 0 Å². The van der Waals surface area contributed by atoms with Gasteiger partial charge >= 0.3 is 0 Å². The maximum absolute atomic E-state index is 3.37. The van der Waals surface area contributed by atoms with Crippen LogP contribution >= 0.6 is 25.2 Å². The summed E-state index contributed by atoms with van der Waals surface area (Å²) in [5.41, 5.74) is 0. The second kappa shape index (κ2) is 2.61. The highest BCUT2D eigenvalue weighted by Gasteiger charge is 1.86. The molecule has 0 bridgehead atoms. The van der Waals surface area contributed by atoms with E-state index >= 15 is 0 Å². The lowest BCUT2D eigenvalue weighted by Crippen LogP contribution is -1.88. The summed E-state index contributed by atoms with van der Waals surface area (Å²) in [6.07, 6.45) is 0. The third-order valence-electron chi connectivity index (χ3n) is 0.905. The minimum atomic E-state index is 1.14. The van der Waals surface area contributed by atoms with Gasteiger partial charge in [0.15, 0.2) is 0 Å². The summed E-state index contributed by atoms with van der Waals surface area (Å²) >= 11 is 3.37. The zero-order valence-corrected chi connectivity index (χ0v) is 7.01. The first-order chi connectivity index (χ1) is 3.80. The van der Waals surface area contributed by atoms with Gasteiger partial charge in [0, 0.05) is 4.47 Å². The maximum atomic E-state index is 3.37. The second-order valence-corrected chi connectivity index (χ2v) is 3.00. The first-order valence-corrected chi connectivity index (χ1v) is 3.68. The van der Waals surface area contributed by atoms with Gasteiger partial charge in [-0.25, -0.2) is 0 Å². The van der Waals surface area contributed by atoms with Gasteiger partial charge in [0.1, 0.15) is 0 Å². The van der Waals surface area contributed by atoms with Crippen LogP contribution in [0.25, 0.3) is 0 Å². The van der Waals surface area contributed by atoms with E-state index in [1.165, 1.54) is 5.30 Å². The first kappa shape index (κ1) is 6.25. The first-order valence-electron chi connectivity index (χ1n) is 2.31. The molecule has 0 nitrogen and oxygen atoms in total. The van der Waals surface area contributed by atoms with Gasteiger partial charge in [0.2, 0.25) is 0 Å². The highest BCUT2D eigenvalue weighted by Crippen LogP contribution is 2.07. The monoisotopic (exact) mass is 188 g/mol. The number of hydrogen-bond donors (Lipinski definition) is 0. The van der Waals surface area contributed by atoms with Crippen molar-refractivity contribution in [2.45, 2.75) is 0 Å². The van der Waals surface area contributed by atoms with Gasteiger partial charge in [-0.15, -0.1) is 9.24 Å². The fourth-order valence-corrected chi connectivity index (χ4v) is 0.967. The molecule has 0 aliphatic rings. The second-order valence-electron chi connectivity index (χ2n) is 1.52. The van der Waals surface area contributed by atoms with Crippen molar-refractivity contribution in [3.05, 3.63) is 28.7 Å². The van der Waals surface area contributed by atoms with E-state index in [4.69, 9.17) is 0 Å². The smallest absolute Gasteiger partial charge is 0.0246 e. The molecule has 0 heterocycles. The van der Waals surface area contributed by atoms with Crippen molar-refractivity contribution < 1.29 is 0 Å². The van der Waals surface area contributed by atoms with Crippen molar-refractivity contribution in [1.29, 1.82) is 0 Å². The van der Waals surface area contributed by atoms with Crippen molar-refractivity contribution in [3.8, 4) is 0 Å². The Hall–Kier alpha value is 0.130. The lowest BCUT2D eigenvalue weighted by Gasteiger charge is -1.91. The Balaban J connectivity index is 3.13. The van der Waals surface area contributed by atoms with Crippen LogP contribution < -0.4 is 5.30 Å². The molecule has 1 aromatic rings. The molecular formula is C6H6BrP. The Morgan fingerprint density at radius 1 is 1.25 bits per heavy atom. The minimum Gasteiger partial charge on any atom is -0.104 e. The molecule has 42 valence electrons. The predicted molar refractivity (Wildman–Crippen MR) is 43.5 cm³/mol. The van der Waals surface area contributed by atoms with Crippen LogP contribution in [0.2, 0.25) is 0 Å². The summed E-state index contributed by atoms with van der Waals surface area (Å²) in [7, 11) is 2.64. The zero-order chi connectivity index (χ0) is 5.98. The van der Waals surface area contributed by atoms with Gasteiger partial charge in [-0.05, 0) is 11.4 Å². The summed E-state index contributed by atoms with van der Waals surface area (Å²) < 4.78 is 1.14. The molecule has 1 rings (SSSR count). The van der Waals surface area contributed by atoms with Crippen molar-refractivity contribution in [3.63, 3.8) is 0 Å². The van der Waals surface area contributed by atoms with Crippen LogP contribution in [0.4, 0.5) is 0 Å². The molecule has 0 amide bonds. The van der Waals surface area contributed by atoms with Crippen LogP contribution in [-0.4, -0.2) is 0 Å². The van der Waals surface area contributed by atoms with Crippen LogP contribution in [0.1, 0.15) is 0 Å². The van der Waals surface area contributed by atoms with Gasteiger partial charge in [0.05, 0.1) is 0 Å². The van der Waals surface area contributed by atoms with E-state index in [-0.39, 0.29) is 0 Å². The quantitative estimate of drug-likeness (QED) is 0.547. The third kappa shape index (κ3) is 1.30. The highest BCUT2D eigenvalue weighted by atomic mass is 79.9. The van der Waals surface area contributed by atoms with E-state index in [1.54, 1.807) is 0 Å². The average molecular weight is 189 g/mol. The van der Waals surface area contributed by atoms with E-state index in [2.05, 4.69) is 25.2 Å². The summed E-state index contributed by atoms with van der Waals surface area (Å²) in [5.74, 6) is 0. The summed E-state index contributed by atoms with van der Waals surface area (Å²) in [4.78, 5) is 0. The lowest BCUT2D eigenvalue weighted by atomic mass is 10.4. The molecule has 1 unspecified atom stereocenters. The number of benzene rings is 1. The van der Waals surface area contributed by atoms with Gasteiger partial charge in [-0.3, -0.25) is 0 Å². The molecule has 0 spiro atoms. The molecule has 1 atom stereocenters. The molecule has 0 aromatic heterocycles. The Morgan fingerprint density at radius 3 is 2.25 bits per heavy atom. The standard InChI is InChI=1S/C6H6BrP/c7-5-3-1-2-4-6(5)8/h1-4H,8H2. The fourth-order valence-electron chi connectivity index (χ4n) is 0.475. The SMILES string of the molecule is Pc1ccccc1Br. The highest BCUT2D eigenvalue weighted by molar-refractivity contribution is 9.10. The molecule has 0 saturated carbocycles. The number of rotatable bonds is 0. The molecule has 0 N–H and O–H groups in total. The van der Waals surface area contributed by atoms with Crippen molar-refractivity contribution in [1.82, 2.24) is 0 Å². The van der Waals surface area contributed by atoms with Crippen LogP contribution in [-0.2, 0) is 0 Å². The lowest BCUT2D eigenvalue weighted by molar-refractivity contribution is 1.72. The summed E-state index contributed by atoms with van der Waals surface area (Å²) in [5, 5.41) is 1.20. The van der Waals surface area contributed by atoms with Crippen molar-refractivity contribution >= 4 is 30.5 Å². The Bertz CT molecular complexity index is 165. The molecule has 2 heteroatoms. The van der Waals surface area contributed by atoms with E-state index < -0.39 is 0 Å². The molecule has 0 aliphatic carbocycles. The Labute approximate surface area is 59.6 Å². The normalized spacial score (nSPS) is 9.25. The molecule has 0 saturated heterocycles. The molecule has 1 aromatic carbocycles. The van der Waals surface area contributed by atoms with E-state index in [1.807, 2.05) is 24.3 Å². The van der Waals surface area contributed by atoms with Crippen molar-refractivity contribution in [2.75, 3.05) is 0 Å². The van der Waals surface area contributed by atoms with E-state index in [0.29, 0.717) is 0 Å². The molecular weight excluding hydrogens is 183 g/mol. The van der Waals surface area contributed by atoms with Gasteiger partial charge in [0.25, 0.3) is 0 Å². The van der Waals surface area contributed by atoms with Crippen LogP contribution in [0.5, 0.6) is 0 Å². The average Bonchev–Trinajstić information content (AvgIpc) is 1.77. The molecule has 0 aliphatic heterocycles. The zero-order valence-electron chi connectivity index (χ0n) is 4.26. The van der Waals surface area contributed by atoms with E-state index in [0.717, 1.165) is 4.47 Å². The van der Waals surface area contributed by atoms with Gasteiger partial charge in [-0.2, -0.15) is 0 Å². The fraction of sp³-hybridized carbons (Fsp3) is 0. The molecule has 0 radical (unpaired) electrons. The largest absolute Gasteiger partial charge is 0.104 e. The van der Waals surface area contributed by atoms with E-state index in [9.17, 15) is 0 Å². The Morgan fingerprint density at radius 2 is 1.88 bits per heavy atom. The number of halogens is 1. The summed E-state index contributed by atoms with van der Waals surface area (Å²) in [6, 6.07) is 8.06. The van der Waals surface area contributed by atoms with Crippen LogP contribution in [0.15, 0.2) is 28.7 Å².